The van der Waals surface area contributed by atoms with Crippen molar-refractivity contribution in [3.8, 4) is 11.5 Å². The summed E-state index contributed by atoms with van der Waals surface area (Å²) in [4.78, 5) is 9.22. The lowest BCUT2D eigenvalue weighted by atomic mass is 10.3. The molecule has 0 bridgehead atoms. The average molecular weight is 225 g/mol. The van der Waals surface area contributed by atoms with Crippen molar-refractivity contribution in [2.24, 2.45) is 5.73 Å². The number of ether oxygens (including phenoxy) is 2. The molecule has 0 aliphatic carbocycles. The van der Waals surface area contributed by atoms with Crippen LogP contribution in [-0.2, 0) is 4.79 Å². The SMILES string of the molecule is CC(N)=O.CCOc1ccccc1OCC. The van der Waals surface area contributed by atoms with Crippen LogP contribution < -0.4 is 15.2 Å². The van der Waals surface area contributed by atoms with Crippen molar-refractivity contribution in [3.05, 3.63) is 24.3 Å². The van der Waals surface area contributed by atoms with Crippen molar-refractivity contribution in [2.75, 3.05) is 13.2 Å². The van der Waals surface area contributed by atoms with E-state index < -0.39 is 0 Å². The zero-order chi connectivity index (χ0) is 12.4. The highest BCUT2D eigenvalue weighted by molar-refractivity contribution is 5.70. The molecule has 0 heterocycles. The second-order valence-electron chi connectivity index (χ2n) is 2.92. The third-order valence-electron chi connectivity index (χ3n) is 1.45. The van der Waals surface area contributed by atoms with E-state index in [1.54, 1.807) is 0 Å². The van der Waals surface area contributed by atoms with Gasteiger partial charge in [0.15, 0.2) is 11.5 Å². The highest BCUT2D eigenvalue weighted by atomic mass is 16.5. The molecule has 0 unspecified atom stereocenters. The van der Waals surface area contributed by atoms with Gasteiger partial charge in [0.25, 0.3) is 0 Å². The maximum Gasteiger partial charge on any atom is 0.214 e. The van der Waals surface area contributed by atoms with Crippen LogP contribution in [-0.4, -0.2) is 19.1 Å². The van der Waals surface area contributed by atoms with Crippen molar-refractivity contribution in [1.29, 1.82) is 0 Å². The number of carbonyl (C=O) groups is 1. The van der Waals surface area contributed by atoms with E-state index >= 15 is 0 Å². The van der Waals surface area contributed by atoms with Gasteiger partial charge in [-0.05, 0) is 26.0 Å². The van der Waals surface area contributed by atoms with Gasteiger partial charge in [-0.3, -0.25) is 4.79 Å². The first-order valence-corrected chi connectivity index (χ1v) is 5.22. The minimum absolute atomic E-state index is 0.333. The van der Waals surface area contributed by atoms with Crippen LogP contribution in [0.25, 0.3) is 0 Å². The van der Waals surface area contributed by atoms with Crippen LogP contribution in [0.3, 0.4) is 0 Å². The first kappa shape index (κ1) is 14.3. The fraction of sp³-hybridized carbons (Fsp3) is 0.417. The van der Waals surface area contributed by atoms with Crippen molar-refractivity contribution in [1.82, 2.24) is 0 Å². The van der Waals surface area contributed by atoms with Gasteiger partial charge >= 0.3 is 0 Å². The Morgan fingerprint density at radius 2 is 1.44 bits per heavy atom. The second-order valence-corrected chi connectivity index (χ2v) is 2.92. The van der Waals surface area contributed by atoms with Crippen molar-refractivity contribution >= 4 is 5.91 Å². The number of rotatable bonds is 4. The molecule has 0 atom stereocenters. The molecule has 1 rings (SSSR count). The largest absolute Gasteiger partial charge is 0.490 e. The van der Waals surface area contributed by atoms with Crippen LogP contribution in [0.5, 0.6) is 11.5 Å². The Labute approximate surface area is 96.4 Å². The number of amides is 1. The molecular weight excluding hydrogens is 206 g/mol. The fourth-order valence-electron chi connectivity index (χ4n) is 1.000. The Kier molecular flexibility index (Phi) is 7.67. The normalized spacial score (nSPS) is 8.69. The topological polar surface area (TPSA) is 61.6 Å². The van der Waals surface area contributed by atoms with Gasteiger partial charge in [0.2, 0.25) is 5.91 Å². The van der Waals surface area contributed by atoms with E-state index in [1.165, 1.54) is 6.92 Å². The van der Waals surface area contributed by atoms with Gasteiger partial charge in [0.05, 0.1) is 13.2 Å². The highest BCUT2D eigenvalue weighted by Gasteiger charge is 2.00. The summed E-state index contributed by atoms with van der Waals surface area (Å²) >= 11 is 0. The van der Waals surface area contributed by atoms with Crippen molar-refractivity contribution < 1.29 is 14.3 Å². The van der Waals surface area contributed by atoms with E-state index in [9.17, 15) is 4.79 Å². The Hall–Kier alpha value is -1.71. The first-order valence-electron chi connectivity index (χ1n) is 5.22. The van der Waals surface area contributed by atoms with E-state index in [0.717, 1.165) is 11.5 Å². The van der Waals surface area contributed by atoms with Gasteiger partial charge in [0.1, 0.15) is 0 Å². The van der Waals surface area contributed by atoms with Crippen LogP contribution in [0.4, 0.5) is 0 Å². The van der Waals surface area contributed by atoms with Gasteiger partial charge in [-0.2, -0.15) is 0 Å². The Morgan fingerprint density at radius 1 is 1.12 bits per heavy atom. The number of benzene rings is 1. The molecular formula is C12H19NO3. The Balaban J connectivity index is 0.000000487. The number of hydrogen-bond donors (Lipinski definition) is 1. The summed E-state index contributed by atoms with van der Waals surface area (Å²) in [6.07, 6.45) is 0. The lowest BCUT2D eigenvalue weighted by Gasteiger charge is -2.09. The molecule has 0 saturated heterocycles. The van der Waals surface area contributed by atoms with Crippen LogP contribution in [0.2, 0.25) is 0 Å². The fourth-order valence-corrected chi connectivity index (χ4v) is 1.000. The number of hydrogen-bond acceptors (Lipinski definition) is 3. The van der Waals surface area contributed by atoms with Gasteiger partial charge in [-0.1, -0.05) is 12.1 Å². The van der Waals surface area contributed by atoms with E-state index in [1.807, 2.05) is 38.1 Å². The van der Waals surface area contributed by atoms with E-state index in [0.29, 0.717) is 13.2 Å². The molecule has 90 valence electrons. The molecule has 1 amide bonds. The zero-order valence-electron chi connectivity index (χ0n) is 10.0. The second kappa shape index (κ2) is 8.59. The summed E-state index contributed by atoms with van der Waals surface area (Å²) in [6, 6.07) is 7.70. The number of carbonyl (C=O) groups excluding carboxylic acids is 1. The zero-order valence-corrected chi connectivity index (χ0v) is 10.0. The van der Waals surface area contributed by atoms with Crippen LogP contribution in [0.1, 0.15) is 20.8 Å². The van der Waals surface area contributed by atoms with Gasteiger partial charge in [-0.15, -0.1) is 0 Å². The molecule has 0 aliphatic rings. The molecule has 1 aromatic carbocycles. The summed E-state index contributed by atoms with van der Waals surface area (Å²) in [5.74, 6) is 1.31. The maximum absolute atomic E-state index is 9.22. The number of para-hydroxylation sites is 2. The molecule has 0 spiro atoms. The monoisotopic (exact) mass is 225 g/mol. The van der Waals surface area contributed by atoms with E-state index in [4.69, 9.17) is 9.47 Å². The van der Waals surface area contributed by atoms with E-state index in [2.05, 4.69) is 5.73 Å². The quantitative estimate of drug-likeness (QED) is 0.852. The third kappa shape index (κ3) is 6.70. The highest BCUT2D eigenvalue weighted by Crippen LogP contribution is 2.25. The lowest BCUT2D eigenvalue weighted by Crippen LogP contribution is -2.01. The molecule has 4 nitrogen and oxygen atoms in total. The molecule has 16 heavy (non-hydrogen) atoms. The summed E-state index contributed by atoms with van der Waals surface area (Å²) in [5, 5.41) is 0. The third-order valence-corrected chi connectivity index (χ3v) is 1.45. The first-order chi connectivity index (χ1) is 7.61. The number of nitrogens with two attached hydrogens (primary N) is 1. The summed E-state index contributed by atoms with van der Waals surface area (Å²) in [6.45, 7) is 6.57. The maximum atomic E-state index is 9.22. The molecule has 4 heteroatoms. The molecule has 2 N–H and O–H groups in total. The molecule has 0 radical (unpaired) electrons. The van der Waals surface area contributed by atoms with E-state index in [-0.39, 0.29) is 5.91 Å². The standard InChI is InChI=1S/C10H14O2.C2H5NO/c1-3-11-9-7-5-6-8-10(9)12-4-2;1-2(3)4/h5-8H,3-4H2,1-2H3;1H3,(H2,3,4). The lowest BCUT2D eigenvalue weighted by molar-refractivity contribution is -0.115. The Morgan fingerprint density at radius 3 is 1.69 bits per heavy atom. The predicted octanol–water partition coefficient (Wildman–Crippen LogP) is 1.98. The molecule has 0 aliphatic heterocycles. The Bertz CT molecular complexity index is 284. The van der Waals surface area contributed by atoms with Crippen LogP contribution in [0.15, 0.2) is 24.3 Å². The number of primary amides is 1. The average Bonchev–Trinajstić information content (AvgIpc) is 2.21. The molecule has 1 aromatic rings. The smallest absolute Gasteiger partial charge is 0.214 e. The van der Waals surface area contributed by atoms with Gasteiger partial charge in [-0.25, -0.2) is 0 Å². The summed E-state index contributed by atoms with van der Waals surface area (Å²) < 4.78 is 10.7. The molecule has 0 saturated carbocycles. The predicted molar refractivity (Wildman–Crippen MR) is 63.6 cm³/mol. The summed E-state index contributed by atoms with van der Waals surface area (Å²) in [5.41, 5.74) is 4.47. The summed E-state index contributed by atoms with van der Waals surface area (Å²) in [7, 11) is 0. The minimum atomic E-state index is -0.333. The van der Waals surface area contributed by atoms with Gasteiger partial charge < -0.3 is 15.2 Å². The van der Waals surface area contributed by atoms with Crippen LogP contribution >= 0.6 is 0 Å². The van der Waals surface area contributed by atoms with Crippen LogP contribution in [0, 0.1) is 0 Å². The van der Waals surface area contributed by atoms with Gasteiger partial charge in [0, 0.05) is 6.92 Å². The molecule has 0 fully saturated rings. The van der Waals surface area contributed by atoms with Crippen molar-refractivity contribution in [2.45, 2.75) is 20.8 Å². The molecule has 0 aromatic heterocycles. The minimum Gasteiger partial charge on any atom is -0.490 e. The van der Waals surface area contributed by atoms with Crippen molar-refractivity contribution in [3.63, 3.8) is 0 Å².